The van der Waals surface area contributed by atoms with Gasteiger partial charge in [0.05, 0.1) is 36.7 Å². The number of carbonyl (C=O) groups is 2. The highest BCUT2D eigenvalue weighted by molar-refractivity contribution is 8.23. The van der Waals surface area contributed by atoms with Gasteiger partial charge in [0.15, 0.2) is 0 Å². The van der Waals surface area contributed by atoms with Crippen LogP contribution in [0.5, 0.6) is 0 Å². The van der Waals surface area contributed by atoms with Gasteiger partial charge in [-0.15, -0.1) is 94.1 Å². The maximum Gasteiger partial charge on any atom is 0.408 e. The van der Waals surface area contributed by atoms with Crippen molar-refractivity contribution < 1.29 is 48.8 Å². The summed E-state index contributed by atoms with van der Waals surface area (Å²) in [6.07, 6.45) is 1.48. The van der Waals surface area contributed by atoms with E-state index in [2.05, 4.69) is 35.1 Å². The Hall–Kier alpha value is 0.120. The Kier molecular flexibility index (Phi) is 36.4. The van der Waals surface area contributed by atoms with Gasteiger partial charge in [0, 0.05) is 25.4 Å². The lowest BCUT2D eigenvalue weighted by Gasteiger charge is -2.06. The first-order chi connectivity index (χ1) is 20.2. The number of hydrogen-bond donors (Lipinski definition) is 4. The van der Waals surface area contributed by atoms with E-state index in [1.807, 2.05) is 0 Å². The number of aliphatic hydroxyl groups excluding tert-OH is 2. The van der Waals surface area contributed by atoms with E-state index in [1.165, 1.54) is 36.3 Å². The third-order valence-corrected chi connectivity index (χ3v) is 11.7. The van der Waals surface area contributed by atoms with Crippen molar-refractivity contribution >= 4 is 119 Å². The summed E-state index contributed by atoms with van der Waals surface area (Å²) in [5.74, 6) is 2.57. The largest absolute Gasteiger partial charge is 0.447 e. The van der Waals surface area contributed by atoms with Crippen LogP contribution >= 0.6 is 94.1 Å². The van der Waals surface area contributed by atoms with Crippen molar-refractivity contribution in [3.05, 3.63) is 0 Å². The summed E-state index contributed by atoms with van der Waals surface area (Å²) in [5, 5.41) is 26.3. The van der Waals surface area contributed by atoms with Crippen LogP contribution in [0.15, 0.2) is 9.98 Å². The Morgan fingerprint density at radius 3 is 1.73 bits per heavy atom. The number of hydrogen-bond acceptors (Lipinski definition) is 20. The SMILES string of the molecule is O=C(NCSCSCSC/N=C/OOCSCSCOC(=O)NCSCSCSC/N=C/OOCCO)OCCO. The molecule has 240 valence electrons. The number of amides is 2. The molecule has 4 N–H and O–H groups in total. The zero-order chi connectivity index (χ0) is 29.9. The zero-order valence-corrected chi connectivity index (χ0v) is 28.6. The normalized spacial score (nSPS) is 11.2. The molecule has 0 bridgehead atoms. The summed E-state index contributed by atoms with van der Waals surface area (Å²) in [6.45, 7) is -0.189. The van der Waals surface area contributed by atoms with Crippen molar-refractivity contribution in [2.24, 2.45) is 9.98 Å². The molecule has 0 fully saturated rings. The summed E-state index contributed by atoms with van der Waals surface area (Å²) in [4.78, 5) is 49.8. The number of aliphatic imine (C=N–C) groups is 2. The van der Waals surface area contributed by atoms with E-state index in [1.54, 1.807) is 70.6 Å². The lowest BCUT2D eigenvalue weighted by atomic mass is 10.8. The van der Waals surface area contributed by atoms with Gasteiger partial charge in [-0.1, -0.05) is 0 Å². The molecule has 0 radical (unpaired) electrons. The molecule has 0 aromatic carbocycles. The number of carbonyl (C=O) groups excluding carboxylic acids is 2. The minimum absolute atomic E-state index is 0.00457. The molecule has 0 aromatic heterocycles. The van der Waals surface area contributed by atoms with E-state index in [-0.39, 0.29) is 32.4 Å². The van der Waals surface area contributed by atoms with Crippen LogP contribution < -0.4 is 10.6 Å². The highest BCUT2D eigenvalue weighted by Gasteiger charge is 2.02. The highest BCUT2D eigenvalue weighted by atomic mass is 32.2. The standard InChI is InChI=1S/C19H36N4O10S8/c24-1-3-28-18(26)22-9-36-15-40-14-35-8-21-6-32-33-12-39-17-38-11-29-19(27)23-10-37-16-41-13-34-7-20-5-31-30-4-2-25/h5-6,24-25H,1-4,7-17H2,(H,22,26)(H,23,27)/b20-5+,21-6+. The molecule has 0 aliphatic rings. The first-order valence-electron chi connectivity index (χ1n) is 11.4. The first kappa shape index (κ1) is 41.1. The average molecular weight is 737 g/mol. The van der Waals surface area contributed by atoms with E-state index < -0.39 is 12.2 Å². The highest BCUT2D eigenvalue weighted by Crippen LogP contribution is 2.18. The number of thioether (sulfide) groups is 8. The predicted molar refractivity (Wildman–Crippen MR) is 179 cm³/mol. The van der Waals surface area contributed by atoms with Crippen molar-refractivity contribution in [3.63, 3.8) is 0 Å². The molecule has 0 heterocycles. The minimum Gasteiger partial charge on any atom is -0.447 e. The first-order valence-corrected chi connectivity index (χ1v) is 20.6. The van der Waals surface area contributed by atoms with Gasteiger partial charge < -0.3 is 40.1 Å². The third kappa shape index (κ3) is 36.2. The molecule has 0 aliphatic carbocycles. The second-order valence-electron chi connectivity index (χ2n) is 6.08. The fourth-order valence-corrected chi connectivity index (χ4v) is 8.60. The van der Waals surface area contributed by atoms with Crippen LogP contribution in [-0.2, 0) is 29.0 Å². The Labute approximate surface area is 274 Å². The molecule has 22 heteroatoms. The van der Waals surface area contributed by atoms with E-state index in [4.69, 9.17) is 24.7 Å². The van der Waals surface area contributed by atoms with E-state index in [0.29, 0.717) is 34.5 Å². The lowest BCUT2D eigenvalue weighted by molar-refractivity contribution is -0.221. The molecule has 0 aliphatic heterocycles. The minimum atomic E-state index is -0.531. The van der Waals surface area contributed by atoms with Gasteiger partial charge in [-0.2, -0.15) is 9.78 Å². The Balaban J connectivity index is 3.26. The van der Waals surface area contributed by atoms with Gasteiger partial charge in [-0.3, -0.25) is 0 Å². The Morgan fingerprint density at radius 2 is 1.12 bits per heavy atom. The van der Waals surface area contributed by atoms with Gasteiger partial charge in [0.25, 0.3) is 0 Å². The molecular weight excluding hydrogens is 701 g/mol. The maximum atomic E-state index is 11.6. The second kappa shape index (κ2) is 36.3. The molecule has 0 spiro atoms. The van der Waals surface area contributed by atoms with Crippen molar-refractivity contribution in [1.29, 1.82) is 0 Å². The average Bonchev–Trinajstić information content (AvgIpc) is 2.97. The smallest absolute Gasteiger partial charge is 0.408 e. The van der Waals surface area contributed by atoms with E-state index in [9.17, 15) is 9.59 Å². The molecule has 2 amide bonds. The summed E-state index contributed by atoms with van der Waals surface area (Å²) in [6, 6.07) is 0. The zero-order valence-electron chi connectivity index (χ0n) is 22.1. The van der Waals surface area contributed by atoms with Crippen molar-refractivity contribution in [2.45, 2.75) is 0 Å². The molecule has 0 atom stereocenters. The van der Waals surface area contributed by atoms with Gasteiger partial charge in [-0.25, -0.2) is 19.6 Å². The van der Waals surface area contributed by atoms with Gasteiger partial charge in [0.2, 0.25) is 12.8 Å². The predicted octanol–water partition coefficient (Wildman–Crippen LogP) is 3.77. The molecule has 14 nitrogen and oxygen atoms in total. The van der Waals surface area contributed by atoms with Crippen LogP contribution in [0.25, 0.3) is 0 Å². The Morgan fingerprint density at radius 1 is 0.610 bits per heavy atom. The van der Waals surface area contributed by atoms with Crippen LogP contribution in [0.3, 0.4) is 0 Å². The van der Waals surface area contributed by atoms with Crippen LogP contribution in [0.4, 0.5) is 9.59 Å². The van der Waals surface area contributed by atoms with E-state index in [0.717, 1.165) is 20.3 Å². The summed E-state index contributed by atoms with van der Waals surface area (Å²) >= 11 is 12.7. The number of alkyl carbamates (subject to hydrolysis) is 2. The second-order valence-corrected chi connectivity index (χ2v) is 15.6. The van der Waals surface area contributed by atoms with E-state index >= 15 is 0 Å². The fraction of sp³-hybridized carbons (Fsp3) is 0.789. The summed E-state index contributed by atoms with van der Waals surface area (Å²) in [7, 11) is 0. The van der Waals surface area contributed by atoms with Crippen molar-refractivity contribution in [2.75, 3.05) is 87.2 Å². The number of nitrogens with one attached hydrogen (secondary N) is 2. The van der Waals surface area contributed by atoms with Crippen LogP contribution in [0, 0.1) is 0 Å². The summed E-state index contributed by atoms with van der Waals surface area (Å²) < 4.78 is 9.76. The molecule has 0 saturated heterocycles. The quantitative estimate of drug-likeness (QED) is 0.0209. The number of nitrogens with zero attached hydrogens (tertiary/aromatic N) is 2. The third-order valence-electron chi connectivity index (χ3n) is 3.08. The van der Waals surface area contributed by atoms with Crippen LogP contribution in [0.2, 0.25) is 0 Å². The fourth-order valence-electron chi connectivity index (χ4n) is 1.58. The lowest BCUT2D eigenvalue weighted by Crippen LogP contribution is -2.24. The topological polar surface area (TPSA) is 179 Å². The number of aliphatic hydroxyl groups is 2. The van der Waals surface area contributed by atoms with Crippen molar-refractivity contribution in [1.82, 2.24) is 10.6 Å². The number of rotatable bonds is 30. The molecule has 0 unspecified atom stereocenters. The number of ether oxygens (including phenoxy) is 2. The molecular formula is C19H36N4O10S8. The molecule has 0 rings (SSSR count). The Bertz CT molecular complexity index is 665. The summed E-state index contributed by atoms with van der Waals surface area (Å²) in [5.41, 5.74) is 0. The van der Waals surface area contributed by atoms with Gasteiger partial charge in [-0.05, 0) is 0 Å². The van der Waals surface area contributed by atoms with Gasteiger partial charge >= 0.3 is 12.2 Å². The maximum absolute atomic E-state index is 11.6. The molecule has 0 aromatic rings. The molecule has 0 saturated carbocycles. The van der Waals surface area contributed by atoms with Gasteiger partial charge in [0.1, 0.15) is 25.1 Å². The van der Waals surface area contributed by atoms with Crippen molar-refractivity contribution in [3.8, 4) is 0 Å². The monoisotopic (exact) mass is 736 g/mol. The van der Waals surface area contributed by atoms with Crippen LogP contribution in [-0.4, -0.2) is 122 Å². The molecule has 41 heavy (non-hydrogen) atoms. The van der Waals surface area contributed by atoms with Crippen LogP contribution in [0.1, 0.15) is 0 Å².